The van der Waals surface area contributed by atoms with E-state index < -0.39 is 24.5 Å². The predicted octanol–water partition coefficient (Wildman–Crippen LogP) is 5.93. The van der Waals surface area contributed by atoms with Gasteiger partial charge in [0.1, 0.15) is 23.4 Å². The third-order valence-electron chi connectivity index (χ3n) is 6.16. The van der Waals surface area contributed by atoms with Gasteiger partial charge in [-0.3, -0.25) is 0 Å². The molecule has 1 aliphatic heterocycles. The number of aryl methyl sites for hydroxylation is 1. The van der Waals surface area contributed by atoms with Crippen LogP contribution in [0.25, 0.3) is 22.4 Å². The summed E-state index contributed by atoms with van der Waals surface area (Å²) in [6.07, 6.45) is -0.358. The maximum atomic E-state index is 12.7. The Morgan fingerprint density at radius 3 is 2.86 bits per heavy atom. The molecule has 37 heavy (non-hydrogen) atoms. The number of carbonyl (C=O) groups excluding carboxylic acids is 1. The van der Waals surface area contributed by atoms with E-state index in [2.05, 4.69) is 35.6 Å². The van der Waals surface area contributed by atoms with E-state index in [0.717, 1.165) is 5.56 Å². The number of hydrogen-bond acceptors (Lipinski definition) is 6. The van der Waals surface area contributed by atoms with Gasteiger partial charge >= 0.3 is 12.2 Å². The fourth-order valence-electron chi connectivity index (χ4n) is 4.36. The smallest absolute Gasteiger partial charge is 0.339 e. The number of urea groups is 1. The molecular formula is C24H22ClF3N8O. The molecular weight excluding hydrogens is 509 g/mol. The van der Waals surface area contributed by atoms with Gasteiger partial charge in [0.05, 0.1) is 11.3 Å². The fraction of sp³-hybridized carbons (Fsp3) is 0.292. The number of aromatic nitrogens is 5. The van der Waals surface area contributed by atoms with E-state index in [-0.39, 0.29) is 13.1 Å². The number of imidazole rings is 1. The number of benzene rings is 1. The van der Waals surface area contributed by atoms with Gasteiger partial charge in [-0.15, -0.1) is 0 Å². The summed E-state index contributed by atoms with van der Waals surface area (Å²) in [6, 6.07) is 6.57. The lowest BCUT2D eigenvalue weighted by molar-refractivity contribution is -0.143. The normalized spacial score (nSPS) is 15.8. The van der Waals surface area contributed by atoms with Crippen LogP contribution in [-0.2, 0) is 0 Å². The van der Waals surface area contributed by atoms with Crippen molar-refractivity contribution in [3.63, 3.8) is 0 Å². The highest BCUT2D eigenvalue weighted by molar-refractivity contribution is 6.30. The third kappa shape index (κ3) is 5.58. The number of nitrogens with one attached hydrogen (secondary N) is 3. The molecule has 4 heterocycles. The van der Waals surface area contributed by atoms with Crippen LogP contribution in [0.1, 0.15) is 18.4 Å². The number of nitrogens with zero attached hydrogens (tertiary/aromatic N) is 5. The van der Waals surface area contributed by atoms with Gasteiger partial charge in [0, 0.05) is 42.6 Å². The Labute approximate surface area is 214 Å². The molecule has 1 saturated heterocycles. The van der Waals surface area contributed by atoms with Crippen molar-refractivity contribution in [2.75, 3.05) is 23.7 Å². The summed E-state index contributed by atoms with van der Waals surface area (Å²) in [5, 5.41) is 6.48. The van der Waals surface area contributed by atoms with E-state index in [1.807, 2.05) is 13.0 Å². The van der Waals surface area contributed by atoms with Gasteiger partial charge in [0.2, 0.25) is 0 Å². The minimum absolute atomic E-state index is 0.0704. The number of halogens is 4. The molecule has 2 amide bonds. The van der Waals surface area contributed by atoms with Crippen molar-refractivity contribution in [3.8, 4) is 11.3 Å². The van der Waals surface area contributed by atoms with Gasteiger partial charge in [-0.1, -0.05) is 17.7 Å². The zero-order valence-corrected chi connectivity index (χ0v) is 20.4. The minimum Gasteiger partial charge on any atom is -0.339 e. The summed E-state index contributed by atoms with van der Waals surface area (Å²) < 4.78 is 38.1. The van der Waals surface area contributed by atoms with Crippen LogP contribution in [0.4, 0.5) is 35.2 Å². The van der Waals surface area contributed by atoms with E-state index in [0.29, 0.717) is 51.1 Å². The van der Waals surface area contributed by atoms with Crippen LogP contribution in [-0.4, -0.2) is 55.1 Å². The molecule has 5 rings (SSSR count). The molecule has 0 aliphatic carbocycles. The standard InChI is InChI=1S/C24H22ClF3N8O/c1-13-2-3-16(34-23(37)36-5-4-14(10-36)8-24(26,27)28)7-18(13)35-21-17(6-15(25)9-29-21)19-20-22(32-11-30-19)33-12-31-20/h2-3,6-7,9,11-12,14H,4-5,8,10H2,1H3,(H,29,35)(H,34,37)(H,30,31,32,33). The second kappa shape index (κ2) is 9.85. The van der Waals surface area contributed by atoms with E-state index >= 15 is 0 Å². The van der Waals surface area contributed by atoms with Crippen LogP contribution in [0.5, 0.6) is 0 Å². The number of rotatable bonds is 5. The number of alkyl halides is 3. The van der Waals surface area contributed by atoms with Crippen molar-refractivity contribution < 1.29 is 18.0 Å². The Bertz CT molecular complexity index is 1460. The van der Waals surface area contributed by atoms with Gasteiger partial charge in [0.15, 0.2) is 5.65 Å². The molecule has 0 saturated carbocycles. The maximum Gasteiger partial charge on any atom is 0.389 e. The Hall–Kier alpha value is -3.93. The highest BCUT2D eigenvalue weighted by Gasteiger charge is 2.36. The molecule has 1 atom stereocenters. The Morgan fingerprint density at radius 2 is 2.05 bits per heavy atom. The van der Waals surface area contributed by atoms with Crippen LogP contribution in [0.15, 0.2) is 43.1 Å². The fourth-order valence-corrected chi connectivity index (χ4v) is 4.51. The number of aromatic amines is 1. The molecule has 3 aromatic heterocycles. The van der Waals surface area contributed by atoms with Gasteiger partial charge in [-0.25, -0.2) is 24.7 Å². The molecule has 9 nitrogen and oxygen atoms in total. The van der Waals surface area contributed by atoms with Crippen LogP contribution in [0.2, 0.25) is 5.02 Å². The van der Waals surface area contributed by atoms with Crippen LogP contribution >= 0.6 is 11.6 Å². The van der Waals surface area contributed by atoms with E-state index in [1.54, 1.807) is 18.2 Å². The first-order chi connectivity index (χ1) is 17.7. The predicted molar refractivity (Wildman–Crippen MR) is 134 cm³/mol. The zero-order chi connectivity index (χ0) is 26.2. The van der Waals surface area contributed by atoms with E-state index in [9.17, 15) is 18.0 Å². The summed E-state index contributed by atoms with van der Waals surface area (Å²) in [5.74, 6) is -0.119. The number of anilines is 3. The second-order valence-corrected chi connectivity index (χ2v) is 9.31. The molecule has 0 radical (unpaired) electrons. The summed E-state index contributed by atoms with van der Waals surface area (Å²) in [4.78, 5) is 34.4. The molecule has 0 bridgehead atoms. The summed E-state index contributed by atoms with van der Waals surface area (Å²) in [6.45, 7) is 2.24. The largest absolute Gasteiger partial charge is 0.389 e. The van der Waals surface area contributed by atoms with Crippen molar-refractivity contribution >= 4 is 46.0 Å². The minimum atomic E-state index is -4.24. The van der Waals surface area contributed by atoms with E-state index in [4.69, 9.17) is 11.6 Å². The van der Waals surface area contributed by atoms with Crippen LogP contribution < -0.4 is 10.6 Å². The number of pyridine rings is 1. The SMILES string of the molecule is Cc1ccc(NC(=O)N2CCC(CC(F)(F)F)C2)cc1Nc1ncc(Cl)cc1-c1ncnc2[nH]cnc12. The third-order valence-corrected chi connectivity index (χ3v) is 6.37. The Morgan fingerprint density at radius 1 is 1.22 bits per heavy atom. The van der Waals surface area contributed by atoms with Gasteiger partial charge < -0.3 is 20.5 Å². The molecule has 4 aromatic rings. The zero-order valence-electron chi connectivity index (χ0n) is 19.6. The van der Waals surface area contributed by atoms with Gasteiger partial charge in [0.25, 0.3) is 0 Å². The van der Waals surface area contributed by atoms with Crippen LogP contribution in [0.3, 0.4) is 0 Å². The summed E-state index contributed by atoms with van der Waals surface area (Å²) in [7, 11) is 0. The maximum absolute atomic E-state index is 12.7. The number of amides is 2. The molecule has 1 aliphatic rings. The molecule has 1 aromatic carbocycles. The topological polar surface area (TPSA) is 112 Å². The quantitative estimate of drug-likeness (QED) is 0.295. The molecule has 192 valence electrons. The Balaban J connectivity index is 1.36. The van der Waals surface area contributed by atoms with Crippen molar-refractivity contribution in [1.82, 2.24) is 29.8 Å². The lowest BCUT2D eigenvalue weighted by Gasteiger charge is -2.19. The van der Waals surface area contributed by atoms with Gasteiger partial charge in [-0.2, -0.15) is 13.2 Å². The molecule has 3 N–H and O–H groups in total. The highest BCUT2D eigenvalue weighted by Crippen LogP contribution is 2.34. The monoisotopic (exact) mass is 530 g/mol. The lowest BCUT2D eigenvalue weighted by Crippen LogP contribution is -2.33. The van der Waals surface area contributed by atoms with Crippen molar-refractivity contribution in [3.05, 3.63) is 53.7 Å². The van der Waals surface area contributed by atoms with Gasteiger partial charge in [-0.05, 0) is 43.0 Å². The van der Waals surface area contributed by atoms with E-state index in [1.165, 1.54) is 23.8 Å². The van der Waals surface area contributed by atoms with Crippen molar-refractivity contribution in [2.45, 2.75) is 25.9 Å². The average molecular weight is 531 g/mol. The summed E-state index contributed by atoms with van der Waals surface area (Å²) in [5.41, 5.74) is 4.29. The molecule has 1 unspecified atom stereocenters. The van der Waals surface area contributed by atoms with Crippen LogP contribution in [0, 0.1) is 12.8 Å². The average Bonchev–Trinajstić information content (AvgIpc) is 3.51. The van der Waals surface area contributed by atoms with Crippen molar-refractivity contribution in [1.29, 1.82) is 0 Å². The molecule has 13 heteroatoms. The number of likely N-dealkylation sites (tertiary alicyclic amines) is 1. The molecule has 1 fully saturated rings. The first-order valence-corrected chi connectivity index (χ1v) is 11.8. The molecule has 0 spiro atoms. The second-order valence-electron chi connectivity index (χ2n) is 8.88. The first-order valence-electron chi connectivity index (χ1n) is 11.5. The number of hydrogen-bond donors (Lipinski definition) is 3. The first kappa shape index (κ1) is 24.8. The number of H-pyrrole nitrogens is 1. The summed E-state index contributed by atoms with van der Waals surface area (Å²) >= 11 is 6.24. The Kier molecular flexibility index (Phi) is 6.59. The van der Waals surface area contributed by atoms with Crippen molar-refractivity contribution in [2.24, 2.45) is 5.92 Å². The lowest BCUT2D eigenvalue weighted by atomic mass is 10.1. The number of carbonyl (C=O) groups is 1. The highest BCUT2D eigenvalue weighted by atomic mass is 35.5. The number of fused-ring (bicyclic) bond motifs is 1.